The molecule has 0 heterocycles. The van der Waals surface area contributed by atoms with Gasteiger partial charge in [-0.3, -0.25) is 9.59 Å². The number of benzene rings is 2. The van der Waals surface area contributed by atoms with Crippen molar-refractivity contribution in [2.75, 3.05) is 11.9 Å². The van der Waals surface area contributed by atoms with Crippen molar-refractivity contribution in [3.05, 3.63) is 59.1 Å². The third kappa shape index (κ3) is 7.38. The first-order valence-corrected chi connectivity index (χ1v) is 10.1. The summed E-state index contributed by atoms with van der Waals surface area (Å²) in [5.41, 5.74) is 1.33. The van der Waals surface area contributed by atoms with Crippen molar-refractivity contribution >= 4 is 39.1 Å². The summed E-state index contributed by atoms with van der Waals surface area (Å²) in [5, 5.41) is 11.1. The van der Waals surface area contributed by atoms with Crippen LogP contribution in [0.3, 0.4) is 0 Å². The highest BCUT2D eigenvalue weighted by atomic mass is 35.5. The van der Waals surface area contributed by atoms with E-state index in [0.717, 1.165) is 0 Å². The van der Waals surface area contributed by atoms with Crippen molar-refractivity contribution in [3.63, 3.8) is 0 Å². The van der Waals surface area contributed by atoms with Gasteiger partial charge in [0.2, 0.25) is 21.8 Å². The number of nitrogens with two attached hydrogens (primary N) is 1. The van der Waals surface area contributed by atoms with Gasteiger partial charge in [0.05, 0.1) is 11.3 Å². The molecule has 0 spiro atoms. The average molecular weight is 410 g/mol. The summed E-state index contributed by atoms with van der Waals surface area (Å²) in [6, 6.07) is 12.6. The largest absolute Gasteiger partial charge is 0.356 e. The third-order valence-corrected chi connectivity index (χ3v) is 4.83. The summed E-state index contributed by atoms with van der Waals surface area (Å²) in [6.07, 6.45) is 0.878. The maximum atomic E-state index is 11.9. The fraction of sp³-hybridized carbons (Fsp3) is 0.222. The average Bonchev–Trinajstić information content (AvgIpc) is 2.60. The minimum absolute atomic E-state index is 0.00152. The number of hydrogen-bond donors (Lipinski definition) is 3. The number of sulfonamides is 1. The lowest BCUT2D eigenvalue weighted by Crippen LogP contribution is -2.27. The second kappa shape index (κ2) is 9.50. The van der Waals surface area contributed by atoms with Gasteiger partial charge in [0.1, 0.15) is 0 Å². The highest BCUT2D eigenvalue weighted by Gasteiger charge is 2.09. The molecule has 9 heteroatoms. The summed E-state index contributed by atoms with van der Waals surface area (Å²) in [5.74, 6) is -0.360. The zero-order valence-corrected chi connectivity index (χ0v) is 16.0. The third-order valence-electron chi connectivity index (χ3n) is 3.65. The van der Waals surface area contributed by atoms with E-state index in [4.69, 9.17) is 16.7 Å². The molecule has 0 saturated carbocycles. The summed E-state index contributed by atoms with van der Waals surface area (Å²) in [7, 11) is -3.74. The lowest BCUT2D eigenvalue weighted by molar-refractivity contribution is -0.121. The molecule has 0 fully saturated rings. The molecule has 0 aliphatic heterocycles. The highest BCUT2D eigenvalue weighted by molar-refractivity contribution is 7.89. The molecule has 0 radical (unpaired) electrons. The summed E-state index contributed by atoms with van der Waals surface area (Å²) >= 11 is 5.78. The van der Waals surface area contributed by atoms with E-state index in [2.05, 4.69) is 10.6 Å². The maximum Gasteiger partial charge on any atom is 0.238 e. The van der Waals surface area contributed by atoms with Crippen LogP contribution in [0.1, 0.15) is 18.4 Å². The molecule has 0 aliphatic rings. The number of halogens is 1. The number of nitrogens with one attached hydrogen (secondary N) is 2. The van der Waals surface area contributed by atoms with Crippen LogP contribution in [-0.2, 0) is 26.0 Å². The Labute approximate surface area is 163 Å². The Kier molecular flexibility index (Phi) is 7.35. The Morgan fingerprint density at radius 1 is 0.963 bits per heavy atom. The quantitative estimate of drug-likeness (QED) is 0.578. The number of anilines is 1. The Morgan fingerprint density at radius 2 is 1.59 bits per heavy atom. The van der Waals surface area contributed by atoms with E-state index in [1.807, 2.05) is 0 Å². The summed E-state index contributed by atoms with van der Waals surface area (Å²) in [4.78, 5) is 23.7. The van der Waals surface area contributed by atoms with Crippen molar-refractivity contribution < 1.29 is 18.0 Å². The van der Waals surface area contributed by atoms with Crippen LogP contribution in [0.5, 0.6) is 0 Å². The van der Waals surface area contributed by atoms with Crippen LogP contribution in [0, 0.1) is 0 Å². The molecule has 144 valence electrons. The van der Waals surface area contributed by atoms with E-state index in [-0.39, 0.29) is 29.6 Å². The highest BCUT2D eigenvalue weighted by Crippen LogP contribution is 2.13. The van der Waals surface area contributed by atoms with Crippen LogP contribution in [-0.4, -0.2) is 26.8 Å². The molecule has 2 aromatic rings. The molecule has 2 amide bonds. The van der Waals surface area contributed by atoms with Crippen LogP contribution >= 0.6 is 11.6 Å². The molecule has 27 heavy (non-hydrogen) atoms. The minimum atomic E-state index is -3.74. The number of rotatable bonds is 8. The Morgan fingerprint density at radius 3 is 2.19 bits per heavy atom. The van der Waals surface area contributed by atoms with Gasteiger partial charge < -0.3 is 10.6 Å². The van der Waals surface area contributed by atoms with Crippen molar-refractivity contribution in [1.82, 2.24) is 5.32 Å². The van der Waals surface area contributed by atoms with E-state index in [1.165, 1.54) is 12.1 Å². The minimum Gasteiger partial charge on any atom is -0.356 e. The molecule has 0 unspecified atom stereocenters. The van der Waals surface area contributed by atoms with Crippen molar-refractivity contribution in [1.29, 1.82) is 0 Å². The van der Waals surface area contributed by atoms with Crippen LogP contribution in [0.15, 0.2) is 53.4 Å². The number of carbonyl (C=O) groups excluding carboxylic acids is 2. The first-order valence-electron chi connectivity index (χ1n) is 8.18. The second-order valence-electron chi connectivity index (χ2n) is 5.87. The smallest absolute Gasteiger partial charge is 0.238 e. The Balaban J connectivity index is 1.68. The molecule has 0 aromatic heterocycles. The van der Waals surface area contributed by atoms with Gasteiger partial charge >= 0.3 is 0 Å². The van der Waals surface area contributed by atoms with Gasteiger partial charge in [0, 0.05) is 23.7 Å². The molecule has 0 saturated heterocycles. The standard InChI is InChI=1S/C18H20ClN3O4S/c19-14-5-7-15(8-6-14)22-17(23)2-1-11-21-18(24)12-13-3-9-16(10-4-13)27(20,25)26/h3-10H,1-2,11-12H2,(H,21,24)(H,22,23)(H2,20,25,26). The number of carbonyl (C=O) groups is 2. The normalized spacial score (nSPS) is 11.0. The fourth-order valence-corrected chi connectivity index (χ4v) is 2.92. The van der Waals surface area contributed by atoms with E-state index in [9.17, 15) is 18.0 Å². The lowest BCUT2D eigenvalue weighted by atomic mass is 10.1. The topological polar surface area (TPSA) is 118 Å². The SMILES string of the molecule is NS(=O)(=O)c1ccc(CC(=O)NCCCC(=O)Nc2ccc(Cl)cc2)cc1. The van der Waals surface area contributed by atoms with Crippen molar-refractivity contribution in [3.8, 4) is 0 Å². The van der Waals surface area contributed by atoms with Gasteiger partial charge in [0.25, 0.3) is 0 Å². The first-order chi connectivity index (χ1) is 12.7. The molecule has 2 aromatic carbocycles. The fourth-order valence-electron chi connectivity index (χ4n) is 2.28. The molecule has 0 aliphatic carbocycles. The monoisotopic (exact) mass is 409 g/mol. The van der Waals surface area contributed by atoms with Gasteiger partial charge in [-0.25, -0.2) is 13.6 Å². The van der Waals surface area contributed by atoms with Crippen molar-refractivity contribution in [2.45, 2.75) is 24.2 Å². The Bertz CT molecular complexity index is 897. The predicted molar refractivity (Wildman–Crippen MR) is 104 cm³/mol. The lowest BCUT2D eigenvalue weighted by Gasteiger charge is -2.07. The number of hydrogen-bond acceptors (Lipinski definition) is 4. The predicted octanol–water partition coefficient (Wildman–Crippen LogP) is 2.06. The van der Waals surface area contributed by atoms with Crippen molar-refractivity contribution in [2.24, 2.45) is 5.14 Å². The maximum absolute atomic E-state index is 11.9. The van der Waals surface area contributed by atoms with Gasteiger partial charge in [-0.15, -0.1) is 0 Å². The van der Waals surface area contributed by atoms with E-state index in [0.29, 0.717) is 29.2 Å². The van der Waals surface area contributed by atoms with E-state index < -0.39 is 10.0 Å². The molecule has 0 atom stereocenters. The molecule has 7 nitrogen and oxygen atoms in total. The van der Waals surface area contributed by atoms with Crippen LogP contribution in [0.4, 0.5) is 5.69 Å². The molecular formula is C18H20ClN3O4S. The van der Waals surface area contributed by atoms with Gasteiger partial charge in [0.15, 0.2) is 0 Å². The molecule has 2 rings (SSSR count). The van der Waals surface area contributed by atoms with Crippen LogP contribution in [0.2, 0.25) is 5.02 Å². The van der Waals surface area contributed by atoms with Crippen LogP contribution in [0.25, 0.3) is 0 Å². The van der Waals surface area contributed by atoms with Crippen LogP contribution < -0.4 is 15.8 Å². The summed E-state index contributed by atoms with van der Waals surface area (Å²) in [6.45, 7) is 0.363. The number of amides is 2. The Hall–Kier alpha value is -2.42. The van der Waals surface area contributed by atoms with E-state index in [1.54, 1.807) is 36.4 Å². The van der Waals surface area contributed by atoms with Gasteiger partial charge in [-0.05, 0) is 48.4 Å². The molecular weight excluding hydrogens is 390 g/mol. The zero-order valence-electron chi connectivity index (χ0n) is 14.4. The van der Waals surface area contributed by atoms with Gasteiger partial charge in [-0.1, -0.05) is 23.7 Å². The summed E-state index contributed by atoms with van der Waals surface area (Å²) < 4.78 is 22.4. The zero-order chi connectivity index (χ0) is 19.9. The van der Waals surface area contributed by atoms with E-state index >= 15 is 0 Å². The molecule has 4 N–H and O–H groups in total. The van der Waals surface area contributed by atoms with Gasteiger partial charge in [-0.2, -0.15) is 0 Å². The first kappa shape index (κ1) is 20.9. The molecule has 0 bridgehead atoms. The second-order valence-corrected chi connectivity index (χ2v) is 7.87. The number of primary sulfonamides is 1.